The molecule has 0 saturated carbocycles. The molecule has 0 aliphatic carbocycles. The fourth-order valence-corrected chi connectivity index (χ4v) is 2.91. The Bertz CT molecular complexity index is 859. The predicted octanol–water partition coefficient (Wildman–Crippen LogP) is 3.73. The lowest BCUT2D eigenvalue weighted by Crippen LogP contribution is -2.11. The Balaban J connectivity index is 1.83. The van der Waals surface area contributed by atoms with Gasteiger partial charge in [-0.25, -0.2) is 4.98 Å². The monoisotopic (exact) mass is 293 g/mol. The van der Waals surface area contributed by atoms with Gasteiger partial charge in [-0.2, -0.15) is 5.26 Å². The third kappa shape index (κ3) is 2.76. The zero-order valence-electron chi connectivity index (χ0n) is 11.3. The summed E-state index contributed by atoms with van der Waals surface area (Å²) in [6, 6.07) is 14.5. The number of nitriles is 1. The zero-order valence-corrected chi connectivity index (χ0v) is 12.1. The summed E-state index contributed by atoms with van der Waals surface area (Å²) in [6.45, 7) is 2.02. The lowest BCUT2D eigenvalue weighted by Gasteiger charge is -2.01. The van der Waals surface area contributed by atoms with E-state index in [1.54, 1.807) is 24.3 Å². The standard InChI is InChI=1S/C16H11N3OS/c1-10-2-7-13-14(8-10)21-16(18-13)19-15(20)12-5-3-11(9-17)4-6-12/h2-8H,1H3,(H,18,19,20). The van der Waals surface area contributed by atoms with Crippen LogP contribution >= 0.6 is 11.3 Å². The number of rotatable bonds is 2. The van der Waals surface area contributed by atoms with E-state index in [0.29, 0.717) is 16.3 Å². The van der Waals surface area contributed by atoms with Gasteiger partial charge in [0, 0.05) is 5.56 Å². The molecular weight excluding hydrogens is 282 g/mol. The molecule has 3 rings (SSSR count). The van der Waals surface area contributed by atoms with E-state index in [0.717, 1.165) is 15.8 Å². The summed E-state index contributed by atoms with van der Waals surface area (Å²) >= 11 is 1.45. The van der Waals surface area contributed by atoms with Gasteiger partial charge in [0.15, 0.2) is 5.13 Å². The van der Waals surface area contributed by atoms with Crippen molar-refractivity contribution < 1.29 is 4.79 Å². The minimum atomic E-state index is -0.227. The van der Waals surface area contributed by atoms with Gasteiger partial charge in [-0.15, -0.1) is 0 Å². The fraction of sp³-hybridized carbons (Fsp3) is 0.0625. The number of benzene rings is 2. The molecule has 1 N–H and O–H groups in total. The number of anilines is 1. The van der Waals surface area contributed by atoms with E-state index in [1.165, 1.54) is 11.3 Å². The average Bonchev–Trinajstić information content (AvgIpc) is 2.88. The minimum absolute atomic E-state index is 0.227. The Hall–Kier alpha value is -2.71. The summed E-state index contributed by atoms with van der Waals surface area (Å²) in [5.74, 6) is -0.227. The highest BCUT2D eigenvalue weighted by Gasteiger charge is 2.10. The third-order valence-corrected chi connectivity index (χ3v) is 3.97. The van der Waals surface area contributed by atoms with Gasteiger partial charge in [-0.05, 0) is 48.9 Å². The molecular formula is C16H11N3OS. The number of amides is 1. The summed E-state index contributed by atoms with van der Waals surface area (Å²) in [5, 5.41) is 12.1. The summed E-state index contributed by atoms with van der Waals surface area (Å²) in [5.41, 5.74) is 3.07. The Morgan fingerprint density at radius 3 is 2.71 bits per heavy atom. The van der Waals surface area contributed by atoms with Crippen molar-refractivity contribution in [3.05, 3.63) is 59.2 Å². The Kier molecular flexibility index (Phi) is 3.38. The molecule has 0 bridgehead atoms. The number of aromatic nitrogens is 1. The molecule has 1 heterocycles. The minimum Gasteiger partial charge on any atom is -0.298 e. The maximum atomic E-state index is 12.1. The SMILES string of the molecule is Cc1ccc2nc(NC(=O)c3ccc(C#N)cc3)sc2c1. The lowest BCUT2D eigenvalue weighted by molar-refractivity contribution is 0.102. The number of carbonyl (C=O) groups is 1. The second kappa shape index (κ2) is 5.35. The summed E-state index contributed by atoms with van der Waals surface area (Å²) in [4.78, 5) is 16.5. The highest BCUT2D eigenvalue weighted by atomic mass is 32.1. The van der Waals surface area contributed by atoms with E-state index in [9.17, 15) is 4.79 Å². The van der Waals surface area contributed by atoms with Crippen LogP contribution in [0.2, 0.25) is 0 Å². The smallest absolute Gasteiger partial charge is 0.257 e. The fourth-order valence-electron chi connectivity index (χ4n) is 1.95. The van der Waals surface area contributed by atoms with E-state index in [4.69, 9.17) is 5.26 Å². The van der Waals surface area contributed by atoms with Gasteiger partial charge < -0.3 is 0 Å². The second-order valence-electron chi connectivity index (χ2n) is 4.63. The van der Waals surface area contributed by atoms with Crippen molar-refractivity contribution in [3.8, 4) is 6.07 Å². The molecule has 4 nitrogen and oxygen atoms in total. The second-order valence-corrected chi connectivity index (χ2v) is 5.66. The molecule has 0 saturated heterocycles. The predicted molar refractivity (Wildman–Crippen MR) is 83.5 cm³/mol. The number of nitrogens with one attached hydrogen (secondary N) is 1. The van der Waals surface area contributed by atoms with Crippen LogP contribution in [0, 0.1) is 18.3 Å². The van der Waals surface area contributed by atoms with Crippen molar-refractivity contribution >= 4 is 32.6 Å². The van der Waals surface area contributed by atoms with Gasteiger partial charge in [-0.1, -0.05) is 17.4 Å². The first-order chi connectivity index (χ1) is 10.2. The van der Waals surface area contributed by atoms with Crippen molar-refractivity contribution in [2.75, 3.05) is 5.32 Å². The highest BCUT2D eigenvalue weighted by Crippen LogP contribution is 2.26. The summed E-state index contributed by atoms with van der Waals surface area (Å²) in [7, 11) is 0. The van der Waals surface area contributed by atoms with Gasteiger partial charge in [0.05, 0.1) is 21.8 Å². The first kappa shape index (κ1) is 13.3. The molecule has 21 heavy (non-hydrogen) atoms. The Morgan fingerprint density at radius 2 is 2.00 bits per heavy atom. The van der Waals surface area contributed by atoms with E-state index >= 15 is 0 Å². The number of thiazole rings is 1. The topological polar surface area (TPSA) is 65.8 Å². The van der Waals surface area contributed by atoms with Gasteiger partial charge >= 0.3 is 0 Å². The molecule has 102 valence electrons. The number of aryl methyl sites for hydroxylation is 1. The Labute approximate surface area is 125 Å². The van der Waals surface area contributed by atoms with Crippen molar-refractivity contribution in [2.45, 2.75) is 6.92 Å². The summed E-state index contributed by atoms with van der Waals surface area (Å²) in [6.07, 6.45) is 0. The van der Waals surface area contributed by atoms with E-state index in [2.05, 4.69) is 10.3 Å². The van der Waals surface area contributed by atoms with E-state index in [-0.39, 0.29) is 5.91 Å². The molecule has 0 fully saturated rings. The van der Waals surface area contributed by atoms with Crippen LogP contribution in [-0.2, 0) is 0 Å². The molecule has 1 amide bonds. The zero-order chi connectivity index (χ0) is 14.8. The van der Waals surface area contributed by atoms with Crippen LogP contribution in [0.15, 0.2) is 42.5 Å². The molecule has 0 atom stereocenters. The van der Waals surface area contributed by atoms with Crippen molar-refractivity contribution in [1.29, 1.82) is 5.26 Å². The van der Waals surface area contributed by atoms with Crippen LogP contribution in [0.5, 0.6) is 0 Å². The first-order valence-corrected chi connectivity index (χ1v) is 7.16. The van der Waals surface area contributed by atoms with Crippen LogP contribution in [0.3, 0.4) is 0 Å². The van der Waals surface area contributed by atoms with Gasteiger partial charge in [0.2, 0.25) is 0 Å². The quantitative estimate of drug-likeness (QED) is 0.783. The van der Waals surface area contributed by atoms with E-state index in [1.807, 2.05) is 31.2 Å². The number of hydrogen-bond donors (Lipinski definition) is 1. The molecule has 2 aromatic carbocycles. The van der Waals surface area contributed by atoms with Crippen LogP contribution in [0.4, 0.5) is 5.13 Å². The molecule has 0 radical (unpaired) electrons. The third-order valence-electron chi connectivity index (χ3n) is 3.04. The van der Waals surface area contributed by atoms with Gasteiger partial charge in [0.1, 0.15) is 0 Å². The van der Waals surface area contributed by atoms with Gasteiger partial charge in [0.25, 0.3) is 5.91 Å². The first-order valence-electron chi connectivity index (χ1n) is 6.34. The van der Waals surface area contributed by atoms with Crippen LogP contribution in [0.25, 0.3) is 10.2 Å². The number of nitrogens with zero attached hydrogens (tertiary/aromatic N) is 2. The highest BCUT2D eigenvalue weighted by molar-refractivity contribution is 7.22. The molecule has 5 heteroatoms. The summed E-state index contributed by atoms with van der Waals surface area (Å²) < 4.78 is 1.05. The van der Waals surface area contributed by atoms with E-state index < -0.39 is 0 Å². The number of fused-ring (bicyclic) bond motifs is 1. The lowest BCUT2D eigenvalue weighted by atomic mass is 10.1. The average molecular weight is 293 g/mol. The van der Waals surface area contributed by atoms with Crippen molar-refractivity contribution in [1.82, 2.24) is 4.98 Å². The molecule has 0 aliphatic heterocycles. The Morgan fingerprint density at radius 1 is 1.24 bits per heavy atom. The number of hydrogen-bond acceptors (Lipinski definition) is 4. The van der Waals surface area contributed by atoms with Crippen LogP contribution in [-0.4, -0.2) is 10.9 Å². The maximum absolute atomic E-state index is 12.1. The molecule has 0 unspecified atom stereocenters. The van der Waals surface area contributed by atoms with Gasteiger partial charge in [-0.3, -0.25) is 10.1 Å². The molecule has 1 aromatic heterocycles. The largest absolute Gasteiger partial charge is 0.298 e. The van der Waals surface area contributed by atoms with Crippen molar-refractivity contribution in [2.24, 2.45) is 0 Å². The maximum Gasteiger partial charge on any atom is 0.257 e. The normalized spacial score (nSPS) is 10.3. The van der Waals surface area contributed by atoms with Crippen LogP contribution in [0.1, 0.15) is 21.5 Å². The number of carbonyl (C=O) groups excluding carboxylic acids is 1. The van der Waals surface area contributed by atoms with Crippen molar-refractivity contribution in [3.63, 3.8) is 0 Å². The molecule has 0 spiro atoms. The van der Waals surface area contributed by atoms with Crippen LogP contribution < -0.4 is 5.32 Å². The molecule has 0 aliphatic rings. The molecule has 3 aromatic rings.